The summed E-state index contributed by atoms with van der Waals surface area (Å²) in [6, 6.07) is 7.40. The third kappa shape index (κ3) is 2.20. The van der Waals surface area contributed by atoms with Crippen LogP contribution in [0, 0.1) is 18.3 Å². The average molecular weight is 175 g/mol. The van der Waals surface area contributed by atoms with Crippen LogP contribution in [-0.2, 0) is 0 Å². The first-order chi connectivity index (χ1) is 6.15. The van der Waals surface area contributed by atoms with Gasteiger partial charge in [-0.1, -0.05) is 6.07 Å². The molecule has 3 heteroatoms. The fourth-order valence-electron chi connectivity index (χ4n) is 1.32. The van der Waals surface area contributed by atoms with Crippen molar-refractivity contribution in [2.45, 2.75) is 19.4 Å². The highest BCUT2D eigenvalue weighted by Gasteiger charge is 2.07. The number of anilines is 1. The van der Waals surface area contributed by atoms with Crippen molar-refractivity contribution >= 4 is 5.69 Å². The zero-order valence-electron chi connectivity index (χ0n) is 7.62. The summed E-state index contributed by atoms with van der Waals surface area (Å²) in [5, 5.41) is 8.49. The van der Waals surface area contributed by atoms with Gasteiger partial charge in [0.05, 0.1) is 12.5 Å². The Morgan fingerprint density at radius 3 is 2.77 bits per heavy atom. The SMILES string of the molecule is Cc1cc(N)ccc1C(N)CC#N. The first kappa shape index (κ1) is 9.56. The smallest absolute Gasteiger partial charge is 0.0641 e. The first-order valence-corrected chi connectivity index (χ1v) is 4.13. The molecule has 0 fully saturated rings. The molecule has 0 aliphatic heterocycles. The highest BCUT2D eigenvalue weighted by Crippen LogP contribution is 2.20. The molecule has 1 aromatic rings. The number of aryl methyl sites for hydroxylation is 1. The second-order valence-corrected chi connectivity index (χ2v) is 3.08. The fourth-order valence-corrected chi connectivity index (χ4v) is 1.32. The molecule has 0 saturated carbocycles. The lowest BCUT2D eigenvalue weighted by atomic mass is 9.99. The Hall–Kier alpha value is -1.53. The largest absolute Gasteiger partial charge is 0.399 e. The van der Waals surface area contributed by atoms with E-state index < -0.39 is 0 Å². The van der Waals surface area contributed by atoms with Crippen molar-refractivity contribution in [1.29, 1.82) is 5.26 Å². The summed E-state index contributed by atoms with van der Waals surface area (Å²) in [4.78, 5) is 0. The number of hydrogen-bond acceptors (Lipinski definition) is 3. The van der Waals surface area contributed by atoms with Crippen molar-refractivity contribution < 1.29 is 0 Å². The van der Waals surface area contributed by atoms with Gasteiger partial charge in [0, 0.05) is 11.7 Å². The molecule has 0 spiro atoms. The molecular formula is C10H13N3. The molecular weight excluding hydrogens is 162 g/mol. The lowest BCUT2D eigenvalue weighted by Gasteiger charge is -2.11. The van der Waals surface area contributed by atoms with Gasteiger partial charge in [-0.25, -0.2) is 0 Å². The summed E-state index contributed by atoms with van der Waals surface area (Å²) in [6.45, 7) is 1.95. The number of nitriles is 1. The number of nitrogen functional groups attached to an aromatic ring is 1. The molecule has 0 aliphatic carbocycles. The molecule has 0 aliphatic rings. The second kappa shape index (κ2) is 3.92. The lowest BCUT2D eigenvalue weighted by molar-refractivity contribution is 0.743. The minimum absolute atomic E-state index is 0.203. The van der Waals surface area contributed by atoms with E-state index in [0.717, 1.165) is 16.8 Å². The maximum absolute atomic E-state index is 8.49. The summed E-state index contributed by atoms with van der Waals surface area (Å²) in [6.07, 6.45) is 0.338. The summed E-state index contributed by atoms with van der Waals surface area (Å²) < 4.78 is 0. The van der Waals surface area contributed by atoms with Crippen LogP contribution in [0.15, 0.2) is 18.2 Å². The van der Waals surface area contributed by atoms with Gasteiger partial charge in [0.2, 0.25) is 0 Å². The van der Waals surface area contributed by atoms with Crippen molar-refractivity contribution in [3.63, 3.8) is 0 Å². The molecule has 3 nitrogen and oxygen atoms in total. The minimum Gasteiger partial charge on any atom is -0.399 e. The monoisotopic (exact) mass is 175 g/mol. The molecule has 0 saturated heterocycles. The Morgan fingerprint density at radius 2 is 2.23 bits per heavy atom. The molecule has 0 aromatic heterocycles. The van der Waals surface area contributed by atoms with Crippen LogP contribution in [0.3, 0.4) is 0 Å². The maximum atomic E-state index is 8.49. The average Bonchev–Trinajstić information content (AvgIpc) is 2.04. The van der Waals surface area contributed by atoms with Gasteiger partial charge in [-0.3, -0.25) is 0 Å². The van der Waals surface area contributed by atoms with Crippen LogP contribution in [0.1, 0.15) is 23.6 Å². The van der Waals surface area contributed by atoms with Gasteiger partial charge >= 0.3 is 0 Å². The number of nitrogens with two attached hydrogens (primary N) is 2. The standard InChI is InChI=1S/C10H13N3/c1-7-6-8(12)2-3-9(7)10(13)4-5-11/h2-3,6,10H,4,12-13H2,1H3. The van der Waals surface area contributed by atoms with E-state index in [1.54, 1.807) is 6.07 Å². The third-order valence-electron chi connectivity index (χ3n) is 2.00. The third-order valence-corrected chi connectivity index (χ3v) is 2.00. The fraction of sp³-hybridized carbons (Fsp3) is 0.300. The second-order valence-electron chi connectivity index (χ2n) is 3.08. The van der Waals surface area contributed by atoms with Crippen LogP contribution < -0.4 is 11.5 Å². The number of rotatable bonds is 2. The van der Waals surface area contributed by atoms with E-state index in [-0.39, 0.29) is 6.04 Å². The van der Waals surface area contributed by atoms with Crippen LogP contribution >= 0.6 is 0 Å². The Kier molecular flexibility index (Phi) is 2.88. The van der Waals surface area contributed by atoms with Gasteiger partial charge in [-0.15, -0.1) is 0 Å². The Labute approximate surface area is 78.0 Å². The van der Waals surface area contributed by atoms with Crippen molar-refractivity contribution in [2.24, 2.45) is 5.73 Å². The molecule has 1 aromatic carbocycles. The van der Waals surface area contributed by atoms with Gasteiger partial charge in [-0.2, -0.15) is 5.26 Å². The lowest BCUT2D eigenvalue weighted by Crippen LogP contribution is -2.10. The predicted octanol–water partition coefficient (Wildman–Crippen LogP) is 1.49. The van der Waals surface area contributed by atoms with Crippen LogP contribution in [0.5, 0.6) is 0 Å². The summed E-state index contributed by atoms with van der Waals surface area (Å²) >= 11 is 0. The molecule has 13 heavy (non-hydrogen) atoms. The Morgan fingerprint density at radius 1 is 1.54 bits per heavy atom. The molecule has 68 valence electrons. The van der Waals surface area contributed by atoms with E-state index in [4.69, 9.17) is 16.7 Å². The van der Waals surface area contributed by atoms with E-state index in [9.17, 15) is 0 Å². The maximum Gasteiger partial charge on any atom is 0.0641 e. The van der Waals surface area contributed by atoms with Crippen LogP contribution in [0.4, 0.5) is 5.69 Å². The molecule has 1 unspecified atom stereocenters. The molecule has 4 N–H and O–H groups in total. The van der Waals surface area contributed by atoms with Crippen molar-refractivity contribution in [3.05, 3.63) is 29.3 Å². The number of nitrogens with zero attached hydrogens (tertiary/aromatic N) is 1. The molecule has 0 bridgehead atoms. The van der Waals surface area contributed by atoms with Gasteiger partial charge in [-0.05, 0) is 30.2 Å². The minimum atomic E-state index is -0.203. The van der Waals surface area contributed by atoms with Crippen LogP contribution in [-0.4, -0.2) is 0 Å². The molecule has 0 heterocycles. The summed E-state index contributed by atoms with van der Waals surface area (Å²) in [5.74, 6) is 0. The van der Waals surface area contributed by atoms with Gasteiger partial charge < -0.3 is 11.5 Å². The Bertz CT molecular complexity index is 339. The highest BCUT2D eigenvalue weighted by atomic mass is 14.6. The molecule has 1 atom stereocenters. The van der Waals surface area contributed by atoms with Crippen molar-refractivity contribution in [1.82, 2.24) is 0 Å². The number of benzene rings is 1. The molecule has 0 amide bonds. The van der Waals surface area contributed by atoms with E-state index in [0.29, 0.717) is 6.42 Å². The molecule has 0 radical (unpaired) electrons. The van der Waals surface area contributed by atoms with Crippen LogP contribution in [0.2, 0.25) is 0 Å². The predicted molar refractivity (Wildman–Crippen MR) is 52.7 cm³/mol. The van der Waals surface area contributed by atoms with Crippen molar-refractivity contribution in [2.75, 3.05) is 5.73 Å². The van der Waals surface area contributed by atoms with E-state index >= 15 is 0 Å². The Balaban J connectivity index is 2.96. The summed E-state index contributed by atoms with van der Waals surface area (Å²) in [5.41, 5.74) is 14.2. The number of hydrogen-bond donors (Lipinski definition) is 2. The van der Waals surface area contributed by atoms with E-state index in [1.165, 1.54) is 0 Å². The zero-order chi connectivity index (χ0) is 9.84. The van der Waals surface area contributed by atoms with Crippen molar-refractivity contribution in [3.8, 4) is 6.07 Å². The van der Waals surface area contributed by atoms with E-state index in [1.807, 2.05) is 19.1 Å². The van der Waals surface area contributed by atoms with Gasteiger partial charge in [0.1, 0.15) is 0 Å². The quantitative estimate of drug-likeness (QED) is 0.668. The summed E-state index contributed by atoms with van der Waals surface area (Å²) in [7, 11) is 0. The topological polar surface area (TPSA) is 75.8 Å². The first-order valence-electron chi connectivity index (χ1n) is 4.13. The molecule has 1 rings (SSSR count). The van der Waals surface area contributed by atoms with E-state index in [2.05, 4.69) is 6.07 Å². The van der Waals surface area contributed by atoms with Gasteiger partial charge in [0.15, 0.2) is 0 Å². The van der Waals surface area contributed by atoms with Gasteiger partial charge in [0.25, 0.3) is 0 Å². The van der Waals surface area contributed by atoms with Crippen LogP contribution in [0.25, 0.3) is 0 Å². The zero-order valence-corrected chi connectivity index (χ0v) is 7.62. The highest BCUT2D eigenvalue weighted by molar-refractivity contribution is 5.45. The normalized spacial score (nSPS) is 12.1.